The lowest BCUT2D eigenvalue weighted by Crippen LogP contribution is -2.34. The van der Waals surface area contributed by atoms with E-state index in [-0.39, 0.29) is 35.9 Å². The van der Waals surface area contributed by atoms with Gasteiger partial charge in [0.2, 0.25) is 11.8 Å². The fourth-order valence-electron chi connectivity index (χ4n) is 4.68. The Morgan fingerprint density at radius 2 is 1.77 bits per heavy atom. The van der Waals surface area contributed by atoms with Crippen LogP contribution >= 0.6 is 0 Å². The fraction of sp³-hybridized carbons (Fsp3) is 0.450. The average molecular weight is 351 g/mol. The predicted molar refractivity (Wildman–Crippen MR) is 94.6 cm³/mol. The van der Waals surface area contributed by atoms with Crippen LogP contribution in [0.3, 0.4) is 0 Å². The maximum Gasteiger partial charge on any atom is 0.241 e. The zero-order valence-electron chi connectivity index (χ0n) is 14.9. The Bertz CT molecular complexity index is 891. The van der Waals surface area contributed by atoms with Gasteiger partial charge in [-0.1, -0.05) is 29.8 Å². The van der Waals surface area contributed by atoms with E-state index in [4.69, 9.17) is 4.74 Å². The second kappa shape index (κ2) is 5.51. The predicted octanol–water partition coefficient (Wildman–Crippen LogP) is 2.22. The largest absolute Gasteiger partial charge is 0.373 e. The number of aromatic nitrogens is 2. The van der Waals surface area contributed by atoms with Crippen molar-refractivity contribution < 1.29 is 14.3 Å². The molecule has 134 valence electrons. The van der Waals surface area contributed by atoms with E-state index in [2.05, 4.69) is 30.2 Å². The first-order valence-electron chi connectivity index (χ1n) is 9.16. The minimum Gasteiger partial charge on any atom is -0.373 e. The third kappa shape index (κ3) is 2.18. The van der Waals surface area contributed by atoms with E-state index in [1.165, 1.54) is 10.5 Å². The van der Waals surface area contributed by atoms with Gasteiger partial charge >= 0.3 is 0 Å². The van der Waals surface area contributed by atoms with Crippen molar-refractivity contribution in [2.24, 2.45) is 11.8 Å². The van der Waals surface area contributed by atoms with E-state index in [0.29, 0.717) is 12.4 Å². The molecule has 1 aromatic heterocycles. The molecule has 3 aliphatic heterocycles. The van der Waals surface area contributed by atoms with Crippen LogP contribution in [0.2, 0.25) is 0 Å². The summed E-state index contributed by atoms with van der Waals surface area (Å²) in [5.41, 5.74) is 3.27. The number of rotatable bonds is 3. The van der Waals surface area contributed by atoms with Gasteiger partial charge in [0.05, 0.1) is 30.6 Å². The molecule has 3 fully saturated rings. The Morgan fingerprint density at radius 1 is 1.08 bits per heavy atom. The monoisotopic (exact) mass is 351 g/mol. The number of nitrogens with zero attached hydrogens (tertiary/aromatic N) is 3. The number of carbonyl (C=O) groups excluding carboxylic acids is 2. The van der Waals surface area contributed by atoms with Crippen LogP contribution in [0.1, 0.15) is 29.7 Å². The summed E-state index contributed by atoms with van der Waals surface area (Å²) in [6.07, 6.45) is 1.56. The maximum atomic E-state index is 12.9. The van der Waals surface area contributed by atoms with Gasteiger partial charge in [-0.2, -0.15) is 5.10 Å². The van der Waals surface area contributed by atoms with Crippen molar-refractivity contribution in [1.29, 1.82) is 0 Å². The summed E-state index contributed by atoms with van der Waals surface area (Å²) >= 11 is 0. The first-order chi connectivity index (χ1) is 12.5. The molecular formula is C20H21N3O3. The van der Waals surface area contributed by atoms with Crippen molar-refractivity contribution >= 4 is 17.6 Å². The Hall–Kier alpha value is -2.47. The first-order valence-corrected chi connectivity index (χ1v) is 9.16. The molecule has 0 saturated carbocycles. The van der Waals surface area contributed by atoms with E-state index < -0.39 is 0 Å². The molecule has 1 aromatic carbocycles. The summed E-state index contributed by atoms with van der Waals surface area (Å²) < 4.78 is 7.64. The SMILES string of the molecule is Cc1cccc(Cn2nc(N3C(=O)[C@@H]4[C@H](C3=O)[C@@H]3CC[C@@H]4O3)cc2C)c1. The number of aryl methyl sites for hydroxylation is 2. The van der Waals surface area contributed by atoms with Crippen LogP contribution in [0, 0.1) is 25.7 Å². The van der Waals surface area contributed by atoms with Gasteiger partial charge in [-0.05, 0) is 32.3 Å². The Balaban J connectivity index is 1.44. The van der Waals surface area contributed by atoms with E-state index >= 15 is 0 Å². The van der Waals surface area contributed by atoms with Crippen LogP contribution in [0.25, 0.3) is 0 Å². The smallest absolute Gasteiger partial charge is 0.241 e. The summed E-state index contributed by atoms with van der Waals surface area (Å²) in [7, 11) is 0. The first kappa shape index (κ1) is 15.8. The molecule has 0 radical (unpaired) electrons. The molecule has 4 atom stereocenters. The Morgan fingerprint density at radius 3 is 2.42 bits per heavy atom. The minimum atomic E-state index is -0.316. The lowest BCUT2D eigenvalue weighted by atomic mass is 9.81. The molecule has 0 aliphatic carbocycles. The molecule has 3 aliphatic rings. The number of benzene rings is 1. The highest BCUT2D eigenvalue weighted by atomic mass is 16.5. The van der Waals surface area contributed by atoms with Crippen LogP contribution in [0.5, 0.6) is 0 Å². The summed E-state index contributed by atoms with van der Waals surface area (Å²) in [6, 6.07) is 10.1. The van der Waals surface area contributed by atoms with Gasteiger partial charge in [0, 0.05) is 11.8 Å². The summed E-state index contributed by atoms with van der Waals surface area (Å²) in [5, 5.41) is 4.58. The Kier molecular flexibility index (Phi) is 3.34. The zero-order valence-corrected chi connectivity index (χ0v) is 14.9. The molecular weight excluding hydrogens is 330 g/mol. The third-order valence-electron chi connectivity index (χ3n) is 5.90. The quantitative estimate of drug-likeness (QED) is 0.796. The second-order valence-electron chi connectivity index (χ2n) is 7.64. The highest BCUT2D eigenvalue weighted by molar-refractivity contribution is 6.22. The minimum absolute atomic E-state index is 0.0954. The molecule has 0 N–H and O–H groups in total. The molecule has 2 amide bonds. The summed E-state index contributed by atoms with van der Waals surface area (Å²) in [5.74, 6) is -0.481. The highest BCUT2D eigenvalue weighted by Gasteiger charge is 2.63. The molecule has 26 heavy (non-hydrogen) atoms. The van der Waals surface area contributed by atoms with Crippen molar-refractivity contribution in [3.05, 3.63) is 47.2 Å². The molecule has 6 heteroatoms. The number of imide groups is 1. The number of hydrogen-bond acceptors (Lipinski definition) is 4. The van der Waals surface area contributed by atoms with Crippen LogP contribution in [0.4, 0.5) is 5.82 Å². The normalized spacial score (nSPS) is 29.7. The van der Waals surface area contributed by atoms with Gasteiger partial charge in [-0.3, -0.25) is 14.3 Å². The van der Waals surface area contributed by atoms with Crippen LogP contribution in [-0.4, -0.2) is 33.8 Å². The maximum absolute atomic E-state index is 12.9. The molecule has 3 saturated heterocycles. The van der Waals surface area contributed by atoms with Crippen molar-refractivity contribution in [1.82, 2.24) is 9.78 Å². The van der Waals surface area contributed by atoms with Gasteiger partial charge in [0.1, 0.15) is 0 Å². The van der Waals surface area contributed by atoms with Gasteiger partial charge < -0.3 is 4.74 Å². The van der Waals surface area contributed by atoms with Gasteiger partial charge in [-0.15, -0.1) is 0 Å². The topological polar surface area (TPSA) is 64.4 Å². The molecule has 2 aromatic rings. The molecule has 4 heterocycles. The number of ether oxygens (including phenoxy) is 1. The van der Waals surface area contributed by atoms with E-state index in [1.54, 1.807) is 0 Å². The number of hydrogen-bond donors (Lipinski definition) is 0. The molecule has 2 bridgehead atoms. The average Bonchev–Trinajstić information content (AvgIpc) is 3.33. The van der Waals surface area contributed by atoms with Crippen LogP contribution < -0.4 is 4.90 Å². The van der Waals surface area contributed by atoms with E-state index in [1.807, 2.05) is 23.7 Å². The number of amides is 2. The molecule has 6 nitrogen and oxygen atoms in total. The zero-order chi connectivity index (χ0) is 18.0. The third-order valence-corrected chi connectivity index (χ3v) is 5.90. The standard InChI is InChI=1S/C20H21N3O3/c1-11-4-3-5-13(8-11)10-22-12(2)9-16(21-22)23-19(24)17-14-6-7-15(26-14)18(17)20(23)25/h3-5,8-9,14-15,17-18H,6-7,10H2,1-2H3/t14-,15-,17-,18+/m0/s1. The Labute approximate surface area is 151 Å². The lowest BCUT2D eigenvalue weighted by Gasteiger charge is -2.15. The molecule has 5 rings (SSSR count). The van der Waals surface area contributed by atoms with Crippen molar-refractivity contribution in [3.8, 4) is 0 Å². The summed E-state index contributed by atoms with van der Waals surface area (Å²) in [4.78, 5) is 27.1. The number of anilines is 1. The number of fused-ring (bicyclic) bond motifs is 5. The van der Waals surface area contributed by atoms with Crippen LogP contribution in [-0.2, 0) is 20.9 Å². The molecule has 0 spiro atoms. The van der Waals surface area contributed by atoms with Crippen molar-refractivity contribution in [3.63, 3.8) is 0 Å². The van der Waals surface area contributed by atoms with Crippen molar-refractivity contribution in [2.75, 3.05) is 4.90 Å². The van der Waals surface area contributed by atoms with Gasteiger partial charge in [0.25, 0.3) is 0 Å². The van der Waals surface area contributed by atoms with E-state index in [9.17, 15) is 9.59 Å². The number of carbonyl (C=O) groups is 2. The van der Waals surface area contributed by atoms with Crippen LogP contribution in [0.15, 0.2) is 30.3 Å². The highest BCUT2D eigenvalue weighted by Crippen LogP contribution is 2.49. The fourth-order valence-corrected chi connectivity index (χ4v) is 4.68. The van der Waals surface area contributed by atoms with Gasteiger partial charge in [0.15, 0.2) is 5.82 Å². The lowest BCUT2D eigenvalue weighted by molar-refractivity contribution is -0.124. The van der Waals surface area contributed by atoms with E-state index in [0.717, 1.165) is 24.1 Å². The summed E-state index contributed by atoms with van der Waals surface area (Å²) in [6.45, 7) is 4.62. The van der Waals surface area contributed by atoms with Gasteiger partial charge in [-0.25, -0.2) is 4.90 Å². The second-order valence-corrected chi connectivity index (χ2v) is 7.64. The molecule has 0 unspecified atom stereocenters. The van der Waals surface area contributed by atoms with Crippen molar-refractivity contribution in [2.45, 2.75) is 45.4 Å².